The van der Waals surface area contributed by atoms with Gasteiger partial charge in [0.15, 0.2) is 0 Å². The monoisotopic (exact) mass is 268 g/mol. The summed E-state index contributed by atoms with van der Waals surface area (Å²) in [5.41, 5.74) is 0.702. The first kappa shape index (κ1) is 13.4. The molecule has 1 aliphatic carbocycles. The molecule has 1 saturated carbocycles. The van der Waals surface area contributed by atoms with Crippen molar-refractivity contribution in [3.63, 3.8) is 0 Å². The number of hydrogen-bond acceptors (Lipinski definition) is 3. The van der Waals surface area contributed by atoms with Crippen molar-refractivity contribution in [2.45, 2.75) is 31.1 Å². The molecule has 0 radical (unpaired) electrons. The highest BCUT2D eigenvalue weighted by atomic mass is 32.2. The molecule has 2 rings (SSSR count). The maximum atomic E-state index is 12.1. The zero-order chi connectivity index (χ0) is 13.0. The third-order valence-electron chi connectivity index (χ3n) is 3.00. The molecule has 0 amide bonds. The van der Waals surface area contributed by atoms with E-state index in [2.05, 4.69) is 10.0 Å². The van der Waals surface area contributed by atoms with Crippen molar-refractivity contribution in [3.8, 4) is 0 Å². The van der Waals surface area contributed by atoms with Gasteiger partial charge in [0.25, 0.3) is 0 Å². The van der Waals surface area contributed by atoms with E-state index < -0.39 is 10.0 Å². The molecule has 1 aromatic carbocycles. The summed E-state index contributed by atoms with van der Waals surface area (Å²) in [5.74, 6) is 0.712. The van der Waals surface area contributed by atoms with E-state index in [-0.39, 0.29) is 0 Å². The van der Waals surface area contributed by atoms with Crippen molar-refractivity contribution in [1.82, 2.24) is 4.72 Å². The van der Waals surface area contributed by atoms with Crippen molar-refractivity contribution in [3.05, 3.63) is 24.3 Å². The van der Waals surface area contributed by atoms with E-state index in [9.17, 15) is 8.42 Å². The number of anilines is 1. The second-order valence-corrected chi connectivity index (χ2v) is 6.45. The summed E-state index contributed by atoms with van der Waals surface area (Å²) in [7, 11) is -3.39. The van der Waals surface area contributed by atoms with Gasteiger partial charge in [-0.15, -0.1) is 0 Å². The Morgan fingerprint density at radius 2 is 2.00 bits per heavy atom. The number of sulfonamides is 1. The Bertz CT molecular complexity index is 495. The van der Waals surface area contributed by atoms with E-state index in [4.69, 9.17) is 0 Å². The molecule has 0 bridgehead atoms. The van der Waals surface area contributed by atoms with Gasteiger partial charge < -0.3 is 5.32 Å². The summed E-state index contributed by atoms with van der Waals surface area (Å²) in [6.45, 7) is 3.28. The molecule has 0 aliphatic heterocycles. The number of benzene rings is 1. The van der Waals surface area contributed by atoms with Crippen LogP contribution in [0.1, 0.15) is 26.2 Å². The van der Waals surface area contributed by atoms with Gasteiger partial charge in [-0.25, -0.2) is 13.1 Å². The first-order valence-corrected chi connectivity index (χ1v) is 7.94. The highest BCUT2D eigenvalue weighted by Crippen LogP contribution is 2.30. The fourth-order valence-corrected chi connectivity index (χ4v) is 3.05. The number of rotatable bonds is 7. The van der Waals surface area contributed by atoms with Gasteiger partial charge in [0, 0.05) is 13.1 Å². The van der Waals surface area contributed by atoms with Crippen LogP contribution in [0.25, 0.3) is 0 Å². The first-order valence-electron chi connectivity index (χ1n) is 6.46. The maximum absolute atomic E-state index is 12.1. The lowest BCUT2D eigenvalue weighted by Gasteiger charge is -2.12. The average molecular weight is 268 g/mol. The number of para-hydroxylation sites is 1. The van der Waals surface area contributed by atoms with Crippen LogP contribution >= 0.6 is 0 Å². The zero-order valence-corrected chi connectivity index (χ0v) is 11.5. The lowest BCUT2D eigenvalue weighted by atomic mass is 10.3. The normalized spacial score (nSPS) is 15.6. The molecule has 2 N–H and O–H groups in total. The van der Waals surface area contributed by atoms with Crippen LogP contribution in [0, 0.1) is 5.92 Å². The van der Waals surface area contributed by atoms with E-state index in [1.165, 1.54) is 12.8 Å². The Morgan fingerprint density at radius 3 is 2.67 bits per heavy atom. The Morgan fingerprint density at radius 1 is 1.28 bits per heavy atom. The van der Waals surface area contributed by atoms with Crippen molar-refractivity contribution >= 4 is 15.7 Å². The highest BCUT2D eigenvalue weighted by molar-refractivity contribution is 7.89. The molecule has 4 nitrogen and oxygen atoms in total. The minimum atomic E-state index is -3.39. The Hall–Kier alpha value is -1.07. The molecule has 0 aromatic heterocycles. The van der Waals surface area contributed by atoms with E-state index in [1.54, 1.807) is 12.1 Å². The van der Waals surface area contributed by atoms with Crippen LogP contribution in [0.2, 0.25) is 0 Å². The number of hydrogen-bond donors (Lipinski definition) is 2. The molecular formula is C13H20N2O2S. The number of nitrogens with one attached hydrogen (secondary N) is 2. The average Bonchev–Trinajstić information content (AvgIpc) is 3.18. The van der Waals surface area contributed by atoms with Crippen LogP contribution in [-0.4, -0.2) is 21.5 Å². The van der Waals surface area contributed by atoms with Gasteiger partial charge in [0.1, 0.15) is 4.90 Å². The fraction of sp³-hybridized carbons (Fsp3) is 0.538. The van der Waals surface area contributed by atoms with E-state index in [0.29, 0.717) is 23.0 Å². The highest BCUT2D eigenvalue weighted by Gasteiger charge is 2.22. The van der Waals surface area contributed by atoms with Crippen molar-refractivity contribution in [1.29, 1.82) is 0 Å². The summed E-state index contributed by atoms with van der Waals surface area (Å²) in [6.07, 6.45) is 3.28. The van der Waals surface area contributed by atoms with E-state index >= 15 is 0 Å². The van der Waals surface area contributed by atoms with Gasteiger partial charge in [-0.05, 0) is 37.3 Å². The summed E-state index contributed by atoms with van der Waals surface area (Å²) in [5, 5.41) is 3.24. The van der Waals surface area contributed by atoms with Gasteiger partial charge in [0.05, 0.1) is 5.69 Å². The molecule has 18 heavy (non-hydrogen) atoms. The van der Waals surface area contributed by atoms with Gasteiger partial charge in [-0.3, -0.25) is 0 Å². The molecule has 0 atom stereocenters. The van der Waals surface area contributed by atoms with Gasteiger partial charge in [-0.1, -0.05) is 19.1 Å². The Balaban J connectivity index is 2.14. The summed E-state index contributed by atoms with van der Waals surface area (Å²) in [6, 6.07) is 7.08. The predicted octanol–water partition coefficient (Wildman–Crippen LogP) is 2.20. The minimum Gasteiger partial charge on any atom is -0.384 e. The SMILES string of the molecule is CCCNS(=O)(=O)c1ccccc1NCC1CC1. The fourth-order valence-electron chi connectivity index (χ4n) is 1.74. The van der Waals surface area contributed by atoms with E-state index in [1.807, 2.05) is 19.1 Å². The molecule has 5 heteroatoms. The summed E-state index contributed by atoms with van der Waals surface area (Å²) in [4.78, 5) is 0.346. The summed E-state index contributed by atoms with van der Waals surface area (Å²) < 4.78 is 26.8. The van der Waals surface area contributed by atoms with Crippen LogP contribution in [0.3, 0.4) is 0 Å². The van der Waals surface area contributed by atoms with Gasteiger partial charge in [0.2, 0.25) is 10.0 Å². The molecule has 0 heterocycles. The van der Waals surface area contributed by atoms with Gasteiger partial charge in [-0.2, -0.15) is 0 Å². The van der Waals surface area contributed by atoms with Crippen LogP contribution in [0.15, 0.2) is 29.2 Å². The first-order chi connectivity index (χ1) is 8.63. The predicted molar refractivity (Wildman–Crippen MR) is 73.1 cm³/mol. The second kappa shape index (κ2) is 5.71. The molecule has 0 spiro atoms. The molecular weight excluding hydrogens is 248 g/mol. The van der Waals surface area contributed by atoms with Crippen LogP contribution in [-0.2, 0) is 10.0 Å². The Labute approximate surface area is 109 Å². The van der Waals surface area contributed by atoms with Crippen LogP contribution in [0.5, 0.6) is 0 Å². The second-order valence-electron chi connectivity index (χ2n) is 4.72. The van der Waals surface area contributed by atoms with Gasteiger partial charge >= 0.3 is 0 Å². The largest absolute Gasteiger partial charge is 0.384 e. The molecule has 0 unspecified atom stereocenters. The summed E-state index contributed by atoms with van der Waals surface area (Å²) >= 11 is 0. The molecule has 100 valence electrons. The molecule has 1 aromatic rings. The van der Waals surface area contributed by atoms with Crippen molar-refractivity contribution in [2.24, 2.45) is 5.92 Å². The van der Waals surface area contributed by atoms with Crippen LogP contribution in [0.4, 0.5) is 5.69 Å². The smallest absolute Gasteiger partial charge is 0.242 e. The third-order valence-corrected chi connectivity index (χ3v) is 4.52. The topological polar surface area (TPSA) is 58.2 Å². The lowest BCUT2D eigenvalue weighted by Crippen LogP contribution is -2.25. The quantitative estimate of drug-likeness (QED) is 0.797. The molecule has 1 fully saturated rings. The lowest BCUT2D eigenvalue weighted by molar-refractivity contribution is 0.581. The molecule has 1 aliphatic rings. The molecule has 0 saturated heterocycles. The van der Waals surface area contributed by atoms with Crippen molar-refractivity contribution < 1.29 is 8.42 Å². The standard InChI is InChI=1S/C13H20N2O2S/c1-2-9-15-18(16,17)13-6-4-3-5-12(13)14-10-11-7-8-11/h3-6,11,14-15H,2,7-10H2,1H3. The maximum Gasteiger partial charge on any atom is 0.242 e. The van der Waals surface area contributed by atoms with E-state index in [0.717, 1.165) is 13.0 Å². The Kier molecular flexibility index (Phi) is 4.24. The van der Waals surface area contributed by atoms with Crippen LogP contribution < -0.4 is 10.0 Å². The van der Waals surface area contributed by atoms with Crippen molar-refractivity contribution in [2.75, 3.05) is 18.4 Å². The third kappa shape index (κ3) is 3.46. The minimum absolute atomic E-state index is 0.346. The zero-order valence-electron chi connectivity index (χ0n) is 10.6.